The van der Waals surface area contributed by atoms with E-state index in [0.29, 0.717) is 0 Å². The molecule has 270 valence electrons. The minimum Gasteiger partial charge on any atom is -0.456 e. The highest BCUT2D eigenvalue weighted by molar-refractivity contribution is 6.13. The highest BCUT2D eigenvalue weighted by Crippen LogP contribution is 2.51. The molecule has 0 bridgehead atoms. The van der Waals surface area contributed by atoms with E-state index in [1.165, 1.54) is 76.9 Å². The third-order valence-electron chi connectivity index (χ3n) is 12.2. The number of nitrogens with zero attached hydrogens (tertiary/aromatic N) is 2. The average Bonchev–Trinajstić information content (AvgIpc) is 3.78. The van der Waals surface area contributed by atoms with Gasteiger partial charge in [-0.25, -0.2) is 0 Å². The molecular weight excluding hydrogens is 693 g/mol. The van der Waals surface area contributed by atoms with Gasteiger partial charge in [-0.15, -0.1) is 0 Å². The molecule has 0 atom stereocenters. The van der Waals surface area contributed by atoms with E-state index in [2.05, 4.69) is 194 Å². The molecule has 0 saturated heterocycles. The maximum absolute atomic E-state index is 6.40. The maximum atomic E-state index is 6.40. The molecule has 3 heteroatoms. The summed E-state index contributed by atoms with van der Waals surface area (Å²) in [6.07, 6.45) is 0. The Kier molecular flexibility index (Phi) is 6.61. The van der Waals surface area contributed by atoms with Gasteiger partial charge in [0.15, 0.2) is 0 Å². The second kappa shape index (κ2) is 11.7. The van der Waals surface area contributed by atoms with Gasteiger partial charge in [0.2, 0.25) is 0 Å². The second-order valence-electron chi connectivity index (χ2n) is 16.6. The van der Waals surface area contributed by atoms with E-state index in [1.54, 1.807) is 0 Å². The van der Waals surface area contributed by atoms with Gasteiger partial charge in [0.05, 0.1) is 11.0 Å². The van der Waals surface area contributed by atoms with Crippen molar-refractivity contribution in [2.24, 2.45) is 0 Å². The lowest BCUT2D eigenvalue weighted by Crippen LogP contribution is -2.14. The van der Waals surface area contributed by atoms with Crippen molar-refractivity contribution in [3.8, 4) is 27.9 Å². The van der Waals surface area contributed by atoms with Crippen LogP contribution in [0.15, 0.2) is 180 Å². The molecular formula is C54H38N2O. The molecule has 0 unspecified atom stereocenters. The van der Waals surface area contributed by atoms with Gasteiger partial charge in [0.1, 0.15) is 11.2 Å². The molecule has 0 saturated carbocycles. The van der Waals surface area contributed by atoms with Crippen molar-refractivity contribution >= 4 is 82.4 Å². The molecule has 57 heavy (non-hydrogen) atoms. The van der Waals surface area contributed by atoms with Crippen LogP contribution >= 0.6 is 0 Å². The Bertz CT molecular complexity index is 3410. The van der Waals surface area contributed by atoms with Crippen LogP contribution in [0.4, 0.5) is 17.1 Å². The van der Waals surface area contributed by atoms with Crippen molar-refractivity contribution in [3.63, 3.8) is 0 Å². The molecule has 0 spiro atoms. The maximum Gasteiger partial charge on any atom is 0.137 e. The predicted molar refractivity (Wildman–Crippen MR) is 241 cm³/mol. The summed E-state index contributed by atoms with van der Waals surface area (Å²) < 4.78 is 8.81. The number of hydrogen-bond donors (Lipinski definition) is 0. The minimum absolute atomic E-state index is 0.0117. The highest BCUT2D eigenvalue weighted by Gasteiger charge is 2.25. The predicted octanol–water partition coefficient (Wildman–Crippen LogP) is 15.4. The van der Waals surface area contributed by atoms with Crippen molar-refractivity contribution in [3.05, 3.63) is 181 Å². The van der Waals surface area contributed by atoms with Gasteiger partial charge in [-0.1, -0.05) is 99.6 Å². The first-order valence-corrected chi connectivity index (χ1v) is 19.8. The van der Waals surface area contributed by atoms with Crippen LogP contribution in [0.1, 0.15) is 26.3 Å². The first-order chi connectivity index (χ1) is 27.9. The van der Waals surface area contributed by atoms with Crippen LogP contribution in [0, 0.1) is 0 Å². The van der Waals surface area contributed by atoms with Crippen LogP contribution in [-0.4, -0.2) is 4.57 Å². The molecule has 12 rings (SSSR count). The number of furan rings is 1. The van der Waals surface area contributed by atoms with Gasteiger partial charge in [-0.2, -0.15) is 0 Å². The van der Waals surface area contributed by atoms with E-state index in [9.17, 15) is 0 Å². The summed E-state index contributed by atoms with van der Waals surface area (Å²) in [7, 11) is 0. The lowest BCUT2D eigenvalue weighted by molar-refractivity contribution is 0.590. The number of anilines is 3. The fourth-order valence-corrected chi connectivity index (χ4v) is 9.29. The third-order valence-corrected chi connectivity index (χ3v) is 12.2. The van der Waals surface area contributed by atoms with Crippen molar-refractivity contribution in [2.75, 3.05) is 4.90 Å². The van der Waals surface area contributed by atoms with Gasteiger partial charge < -0.3 is 13.9 Å². The molecule has 0 N–H and O–H groups in total. The standard InChI is InChI=1S/C54H38N2O/c1-54(2,3)37-11-10-12-38(31-37)55(41-23-24-45-44-15-6-9-18-52(44)57-53(45)32-41)39-21-19-33-27-46-47-28-34-20-22-40(26-36(34)30-49(47)48(46)29-35(33)25-39)56-50-16-7-4-13-42(50)43-14-5-8-17-51(43)56/h4-32H,1-3H3. The summed E-state index contributed by atoms with van der Waals surface area (Å²) in [4.78, 5) is 2.37. The van der Waals surface area contributed by atoms with E-state index in [4.69, 9.17) is 4.42 Å². The summed E-state index contributed by atoms with van der Waals surface area (Å²) in [6, 6.07) is 64.7. The summed E-state index contributed by atoms with van der Waals surface area (Å²) in [6.45, 7) is 6.82. The van der Waals surface area contributed by atoms with Crippen molar-refractivity contribution in [2.45, 2.75) is 26.2 Å². The Balaban J connectivity index is 0.981. The summed E-state index contributed by atoms with van der Waals surface area (Å²) in [5.74, 6) is 0. The molecule has 0 fully saturated rings. The molecule has 0 radical (unpaired) electrons. The van der Waals surface area contributed by atoms with Crippen LogP contribution in [0.2, 0.25) is 0 Å². The largest absolute Gasteiger partial charge is 0.456 e. The first kappa shape index (κ1) is 32.2. The number of rotatable bonds is 4. The van der Waals surface area contributed by atoms with Crippen molar-refractivity contribution < 1.29 is 4.42 Å². The number of fused-ring (bicyclic) bond motifs is 12. The van der Waals surface area contributed by atoms with Crippen LogP contribution < -0.4 is 4.90 Å². The number of para-hydroxylation sites is 3. The second-order valence-corrected chi connectivity index (χ2v) is 16.6. The molecule has 11 aromatic rings. The normalized spacial score (nSPS) is 12.5. The Hall–Kier alpha value is -7.10. The fourth-order valence-electron chi connectivity index (χ4n) is 9.29. The van der Waals surface area contributed by atoms with Gasteiger partial charge in [-0.05, 0) is 146 Å². The molecule has 0 amide bonds. The summed E-state index contributed by atoms with van der Waals surface area (Å²) in [5.41, 5.74) is 15.3. The van der Waals surface area contributed by atoms with Crippen molar-refractivity contribution in [1.29, 1.82) is 0 Å². The zero-order valence-corrected chi connectivity index (χ0v) is 32.0. The molecule has 1 aliphatic rings. The monoisotopic (exact) mass is 730 g/mol. The number of benzene rings is 9. The van der Waals surface area contributed by atoms with E-state index in [1.807, 2.05) is 12.1 Å². The fraction of sp³-hybridized carbons (Fsp3) is 0.0741. The highest BCUT2D eigenvalue weighted by atomic mass is 16.3. The van der Waals surface area contributed by atoms with E-state index in [0.717, 1.165) is 39.0 Å². The van der Waals surface area contributed by atoms with Crippen LogP contribution in [0.5, 0.6) is 0 Å². The Morgan fingerprint density at radius 1 is 0.404 bits per heavy atom. The summed E-state index contributed by atoms with van der Waals surface area (Å²) >= 11 is 0. The molecule has 2 aromatic heterocycles. The molecule has 0 aliphatic heterocycles. The third kappa shape index (κ3) is 4.85. The van der Waals surface area contributed by atoms with Gasteiger partial charge >= 0.3 is 0 Å². The molecule has 9 aromatic carbocycles. The van der Waals surface area contributed by atoms with Crippen LogP contribution in [0.3, 0.4) is 0 Å². The van der Waals surface area contributed by atoms with E-state index >= 15 is 0 Å². The van der Waals surface area contributed by atoms with E-state index in [-0.39, 0.29) is 5.41 Å². The number of hydrogen-bond acceptors (Lipinski definition) is 2. The summed E-state index contributed by atoms with van der Waals surface area (Å²) in [5, 5.41) is 9.79. The van der Waals surface area contributed by atoms with E-state index < -0.39 is 0 Å². The molecule has 2 heterocycles. The van der Waals surface area contributed by atoms with Crippen LogP contribution in [-0.2, 0) is 5.41 Å². The average molecular weight is 731 g/mol. The van der Waals surface area contributed by atoms with Gasteiger partial charge in [-0.3, -0.25) is 0 Å². The van der Waals surface area contributed by atoms with Gasteiger partial charge in [0.25, 0.3) is 0 Å². The number of aromatic nitrogens is 1. The zero-order chi connectivity index (χ0) is 38.0. The smallest absolute Gasteiger partial charge is 0.137 e. The lowest BCUT2D eigenvalue weighted by Gasteiger charge is -2.29. The topological polar surface area (TPSA) is 21.3 Å². The quantitative estimate of drug-likeness (QED) is 0.180. The van der Waals surface area contributed by atoms with Crippen LogP contribution in [0.25, 0.3) is 93.2 Å². The zero-order valence-electron chi connectivity index (χ0n) is 32.0. The molecule has 3 nitrogen and oxygen atoms in total. The molecule has 1 aliphatic carbocycles. The first-order valence-electron chi connectivity index (χ1n) is 19.8. The Labute approximate surface area is 330 Å². The van der Waals surface area contributed by atoms with Gasteiger partial charge in [0, 0.05) is 50.4 Å². The van der Waals surface area contributed by atoms with Crippen molar-refractivity contribution in [1.82, 2.24) is 4.57 Å². The Morgan fingerprint density at radius 3 is 1.65 bits per heavy atom. The lowest BCUT2D eigenvalue weighted by atomic mass is 9.78. The Morgan fingerprint density at radius 2 is 0.947 bits per heavy atom. The minimum atomic E-state index is 0.0117. The SMILES string of the molecule is CC(C)(C)c1cccc(N(c2ccc3cc4c(cc3c2)-c2cc3cc(-n5c6ccccc6c6ccccc65)ccc3cc2-4)c2ccc3c(c2)oc2ccccc23)c1.